The molecule has 0 fully saturated rings. The Balaban J connectivity index is 2.93. The van der Waals surface area contributed by atoms with Gasteiger partial charge in [-0.15, -0.1) is 0 Å². The van der Waals surface area contributed by atoms with Crippen LogP contribution < -0.4 is 10.5 Å². The first-order valence-electron chi connectivity index (χ1n) is 5.59. The highest BCUT2D eigenvalue weighted by Gasteiger charge is 2.10. The van der Waals surface area contributed by atoms with Crippen LogP contribution in [0.3, 0.4) is 0 Å². The Kier molecular flexibility index (Phi) is 4.97. The fraction of sp³-hybridized carbons (Fsp3) is 0.462. The molecule has 1 aromatic rings. The van der Waals surface area contributed by atoms with Crippen LogP contribution in [0, 0.1) is 0 Å². The van der Waals surface area contributed by atoms with Gasteiger partial charge in [-0.3, -0.25) is 0 Å². The van der Waals surface area contributed by atoms with Gasteiger partial charge in [0, 0.05) is 6.04 Å². The van der Waals surface area contributed by atoms with Crippen LogP contribution in [0.2, 0.25) is 0 Å². The molecule has 1 rings (SSSR count). The Labute approximate surface area is 102 Å². The van der Waals surface area contributed by atoms with Crippen LogP contribution in [0.25, 0.3) is 0 Å². The molecule has 94 valence electrons. The van der Waals surface area contributed by atoms with E-state index >= 15 is 0 Å². The third-order valence-corrected chi connectivity index (χ3v) is 2.57. The Morgan fingerprint density at radius 1 is 1.41 bits per heavy atom. The molecular formula is C13H19NO3. The van der Waals surface area contributed by atoms with E-state index in [1.165, 1.54) is 7.11 Å². The number of rotatable bonds is 5. The number of carbonyl (C=O) groups excluding carboxylic acids is 1. The van der Waals surface area contributed by atoms with Crippen LogP contribution in [-0.4, -0.2) is 26.2 Å². The SMILES string of the molecule is COC(=O)c1ccc(OC)c(CC[C@@H](C)N)c1. The lowest BCUT2D eigenvalue weighted by molar-refractivity contribution is 0.0600. The smallest absolute Gasteiger partial charge is 0.337 e. The molecule has 0 saturated carbocycles. The maximum atomic E-state index is 11.4. The zero-order valence-corrected chi connectivity index (χ0v) is 10.5. The van der Waals surface area contributed by atoms with E-state index in [2.05, 4.69) is 4.74 Å². The molecule has 2 N–H and O–H groups in total. The molecule has 4 nitrogen and oxygen atoms in total. The third-order valence-electron chi connectivity index (χ3n) is 2.57. The van der Waals surface area contributed by atoms with Crippen LogP contribution in [0.4, 0.5) is 0 Å². The lowest BCUT2D eigenvalue weighted by Crippen LogP contribution is -2.15. The van der Waals surface area contributed by atoms with Gasteiger partial charge in [0.25, 0.3) is 0 Å². The molecule has 0 aromatic heterocycles. The molecule has 1 aromatic carbocycles. The quantitative estimate of drug-likeness (QED) is 0.793. The molecule has 0 bridgehead atoms. The number of hydrogen-bond donors (Lipinski definition) is 1. The molecule has 4 heteroatoms. The Morgan fingerprint density at radius 3 is 2.65 bits per heavy atom. The standard InChI is InChI=1S/C13H19NO3/c1-9(14)4-5-10-8-11(13(15)17-3)6-7-12(10)16-2/h6-9H,4-5,14H2,1-3H3/t9-/m1/s1. The fourth-order valence-electron chi connectivity index (χ4n) is 1.60. The number of benzene rings is 1. The van der Waals surface area contributed by atoms with Crippen molar-refractivity contribution in [2.24, 2.45) is 5.73 Å². The highest BCUT2D eigenvalue weighted by molar-refractivity contribution is 5.89. The molecule has 0 spiro atoms. The van der Waals surface area contributed by atoms with Crippen LogP contribution in [0.1, 0.15) is 29.3 Å². The molecule has 1 atom stereocenters. The minimum Gasteiger partial charge on any atom is -0.496 e. The van der Waals surface area contributed by atoms with Crippen LogP contribution in [-0.2, 0) is 11.2 Å². The highest BCUT2D eigenvalue weighted by atomic mass is 16.5. The molecule has 0 amide bonds. The van der Waals surface area contributed by atoms with E-state index in [1.54, 1.807) is 25.3 Å². The summed E-state index contributed by atoms with van der Waals surface area (Å²) in [7, 11) is 2.98. The number of methoxy groups -OCH3 is 2. The van der Waals surface area contributed by atoms with Crippen molar-refractivity contribution in [3.63, 3.8) is 0 Å². The van der Waals surface area contributed by atoms with Gasteiger partial charge in [-0.1, -0.05) is 0 Å². The summed E-state index contributed by atoms with van der Waals surface area (Å²) in [6.07, 6.45) is 1.63. The van der Waals surface area contributed by atoms with E-state index in [1.807, 2.05) is 6.92 Å². The lowest BCUT2D eigenvalue weighted by atomic mass is 10.0. The maximum absolute atomic E-state index is 11.4. The van der Waals surface area contributed by atoms with Crippen LogP contribution in [0.5, 0.6) is 5.75 Å². The van der Waals surface area contributed by atoms with E-state index in [-0.39, 0.29) is 12.0 Å². The van der Waals surface area contributed by atoms with Crippen molar-refractivity contribution >= 4 is 5.97 Å². The minimum absolute atomic E-state index is 0.126. The average molecular weight is 237 g/mol. The van der Waals surface area contributed by atoms with Crippen molar-refractivity contribution in [3.8, 4) is 5.75 Å². The van der Waals surface area contributed by atoms with E-state index in [4.69, 9.17) is 10.5 Å². The number of nitrogens with two attached hydrogens (primary N) is 1. The highest BCUT2D eigenvalue weighted by Crippen LogP contribution is 2.22. The largest absolute Gasteiger partial charge is 0.496 e. The number of hydrogen-bond acceptors (Lipinski definition) is 4. The molecule has 0 radical (unpaired) electrons. The topological polar surface area (TPSA) is 61.5 Å². The number of carbonyl (C=O) groups is 1. The second-order valence-electron chi connectivity index (χ2n) is 4.03. The van der Waals surface area contributed by atoms with Crippen molar-refractivity contribution in [2.75, 3.05) is 14.2 Å². The first-order valence-corrected chi connectivity index (χ1v) is 5.59. The maximum Gasteiger partial charge on any atom is 0.337 e. The van der Waals surface area contributed by atoms with Gasteiger partial charge in [-0.05, 0) is 43.5 Å². The van der Waals surface area contributed by atoms with Gasteiger partial charge in [0.05, 0.1) is 19.8 Å². The summed E-state index contributed by atoms with van der Waals surface area (Å²) in [5.74, 6) is 0.438. The Morgan fingerprint density at radius 2 is 2.12 bits per heavy atom. The van der Waals surface area contributed by atoms with Gasteiger partial charge in [0.1, 0.15) is 5.75 Å². The Hall–Kier alpha value is -1.55. The summed E-state index contributed by atoms with van der Waals surface area (Å²) in [5, 5.41) is 0. The van der Waals surface area contributed by atoms with E-state index in [9.17, 15) is 4.79 Å². The normalized spacial score (nSPS) is 12.0. The van der Waals surface area contributed by atoms with Gasteiger partial charge < -0.3 is 15.2 Å². The van der Waals surface area contributed by atoms with Crippen LogP contribution in [0.15, 0.2) is 18.2 Å². The molecule has 17 heavy (non-hydrogen) atoms. The summed E-state index contributed by atoms with van der Waals surface area (Å²) >= 11 is 0. The summed E-state index contributed by atoms with van der Waals surface area (Å²) < 4.78 is 9.94. The van der Waals surface area contributed by atoms with Gasteiger partial charge in [0.15, 0.2) is 0 Å². The zero-order chi connectivity index (χ0) is 12.8. The van der Waals surface area contributed by atoms with Gasteiger partial charge in [0.2, 0.25) is 0 Å². The zero-order valence-electron chi connectivity index (χ0n) is 10.5. The second-order valence-corrected chi connectivity index (χ2v) is 4.03. The van der Waals surface area contributed by atoms with Crippen molar-refractivity contribution in [1.29, 1.82) is 0 Å². The molecule has 0 heterocycles. The van der Waals surface area contributed by atoms with Crippen molar-refractivity contribution in [2.45, 2.75) is 25.8 Å². The predicted molar refractivity (Wildman–Crippen MR) is 66.3 cm³/mol. The van der Waals surface area contributed by atoms with Gasteiger partial charge in [-0.25, -0.2) is 4.79 Å². The summed E-state index contributed by atoms with van der Waals surface area (Å²) in [6, 6.07) is 5.40. The number of esters is 1. The van der Waals surface area contributed by atoms with Crippen LogP contribution >= 0.6 is 0 Å². The lowest BCUT2D eigenvalue weighted by Gasteiger charge is -2.11. The van der Waals surface area contributed by atoms with Gasteiger partial charge in [-0.2, -0.15) is 0 Å². The summed E-state index contributed by atoms with van der Waals surface area (Å²) in [5.41, 5.74) is 7.24. The Bertz CT molecular complexity index is 388. The first kappa shape index (κ1) is 13.5. The molecular weight excluding hydrogens is 218 g/mol. The van der Waals surface area contributed by atoms with Crippen molar-refractivity contribution in [3.05, 3.63) is 29.3 Å². The molecule has 0 saturated heterocycles. The molecule has 0 aliphatic rings. The number of aryl methyl sites for hydroxylation is 1. The minimum atomic E-state index is -0.338. The number of ether oxygens (including phenoxy) is 2. The van der Waals surface area contributed by atoms with E-state index in [0.29, 0.717) is 5.56 Å². The molecule has 0 aliphatic carbocycles. The van der Waals surface area contributed by atoms with E-state index < -0.39 is 0 Å². The predicted octanol–water partition coefficient (Wildman–Crippen LogP) is 1.76. The monoisotopic (exact) mass is 237 g/mol. The van der Waals surface area contributed by atoms with Crippen molar-refractivity contribution in [1.82, 2.24) is 0 Å². The first-order chi connectivity index (χ1) is 8.08. The van der Waals surface area contributed by atoms with Gasteiger partial charge >= 0.3 is 5.97 Å². The van der Waals surface area contributed by atoms with E-state index in [0.717, 1.165) is 24.2 Å². The average Bonchev–Trinajstić information content (AvgIpc) is 2.34. The van der Waals surface area contributed by atoms with Crippen molar-refractivity contribution < 1.29 is 14.3 Å². The fourth-order valence-corrected chi connectivity index (χ4v) is 1.60. The molecule has 0 unspecified atom stereocenters. The third kappa shape index (κ3) is 3.75. The second kappa shape index (κ2) is 6.25. The molecule has 0 aliphatic heterocycles. The summed E-state index contributed by atoms with van der Waals surface area (Å²) in [6.45, 7) is 1.95. The summed E-state index contributed by atoms with van der Waals surface area (Å²) in [4.78, 5) is 11.4.